The summed E-state index contributed by atoms with van der Waals surface area (Å²) in [6, 6.07) is 3.37. The van der Waals surface area contributed by atoms with Crippen molar-refractivity contribution in [3.8, 4) is 0 Å². The third-order valence-corrected chi connectivity index (χ3v) is 5.85. The molecule has 1 aliphatic rings. The van der Waals surface area contributed by atoms with Gasteiger partial charge in [-0.3, -0.25) is 0 Å². The minimum Gasteiger partial charge on any atom is -0.326 e. The van der Waals surface area contributed by atoms with Gasteiger partial charge >= 0.3 is 0 Å². The van der Waals surface area contributed by atoms with Gasteiger partial charge in [0, 0.05) is 17.9 Å². The van der Waals surface area contributed by atoms with Gasteiger partial charge in [-0.25, -0.2) is 9.37 Å². The Hall–Kier alpha value is -0.0100. The van der Waals surface area contributed by atoms with Gasteiger partial charge in [0.05, 0.1) is 20.5 Å². The molecule has 102 valence electrons. The van der Waals surface area contributed by atoms with Crippen LogP contribution in [0.4, 0.5) is 4.39 Å². The van der Waals surface area contributed by atoms with E-state index in [1.165, 1.54) is 18.6 Å². The smallest absolute Gasteiger partial charge is 0.138 e. The molecular weight excluding hydrogens is 398 g/mol. The topological polar surface area (TPSA) is 17.8 Å². The average molecular weight is 411 g/mol. The van der Waals surface area contributed by atoms with Crippen LogP contribution in [-0.2, 0) is 12.4 Å². The average Bonchev–Trinajstić information content (AvgIpc) is 3.00. The van der Waals surface area contributed by atoms with E-state index in [4.69, 9.17) is 11.6 Å². The number of aromatic nitrogens is 2. The molecule has 3 rings (SSSR count). The Labute approximate surface area is 134 Å². The quantitative estimate of drug-likeness (QED) is 0.551. The first kappa shape index (κ1) is 13.9. The molecule has 1 aromatic carbocycles. The molecule has 0 aliphatic carbocycles. The standard InChI is InChI=1S/C13H13ClFIN2S/c14-6-13-17-11-5-10(16)9(15)4-12(11)18(13)7-8-2-1-3-19-8/h4-5,8H,1-3,6-7H2. The van der Waals surface area contributed by atoms with Gasteiger partial charge in [-0.2, -0.15) is 11.8 Å². The van der Waals surface area contributed by atoms with Crippen molar-refractivity contribution in [2.45, 2.75) is 30.5 Å². The number of imidazole rings is 1. The van der Waals surface area contributed by atoms with Crippen LogP contribution in [0.25, 0.3) is 11.0 Å². The molecule has 1 aliphatic heterocycles. The number of fused-ring (bicyclic) bond motifs is 1. The molecule has 2 nitrogen and oxygen atoms in total. The molecule has 2 aromatic rings. The molecule has 1 atom stereocenters. The largest absolute Gasteiger partial charge is 0.326 e. The highest BCUT2D eigenvalue weighted by atomic mass is 127. The Morgan fingerprint density at radius 1 is 1.53 bits per heavy atom. The molecule has 1 fully saturated rings. The number of benzene rings is 1. The van der Waals surface area contributed by atoms with Crippen molar-refractivity contribution in [1.82, 2.24) is 9.55 Å². The molecule has 0 saturated carbocycles. The van der Waals surface area contributed by atoms with Crippen LogP contribution in [-0.4, -0.2) is 20.6 Å². The van der Waals surface area contributed by atoms with Crippen molar-refractivity contribution in [3.63, 3.8) is 0 Å². The lowest BCUT2D eigenvalue weighted by molar-refractivity contribution is 0.615. The fraction of sp³-hybridized carbons (Fsp3) is 0.462. The number of alkyl halides is 1. The molecule has 0 amide bonds. The van der Waals surface area contributed by atoms with Crippen LogP contribution in [0.3, 0.4) is 0 Å². The van der Waals surface area contributed by atoms with Crippen LogP contribution in [0.1, 0.15) is 18.7 Å². The van der Waals surface area contributed by atoms with Crippen molar-refractivity contribution in [3.05, 3.63) is 27.3 Å². The summed E-state index contributed by atoms with van der Waals surface area (Å²) in [6.45, 7) is 0.878. The SMILES string of the molecule is Fc1cc2c(cc1I)nc(CCl)n2CC1CCCS1. The predicted octanol–water partition coefficient (Wildman–Crippen LogP) is 4.41. The third kappa shape index (κ3) is 2.74. The second kappa shape index (κ2) is 5.77. The summed E-state index contributed by atoms with van der Waals surface area (Å²) >= 11 is 9.97. The second-order valence-electron chi connectivity index (χ2n) is 4.66. The van der Waals surface area contributed by atoms with E-state index < -0.39 is 0 Å². The zero-order valence-corrected chi connectivity index (χ0v) is 13.9. The molecule has 0 N–H and O–H groups in total. The molecule has 6 heteroatoms. The van der Waals surface area contributed by atoms with Gasteiger partial charge in [-0.15, -0.1) is 11.6 Å². The van der Waals surface area contributed by atoms with E-state index in [0.29, 0.717) is 14.7 Å². The Balaban J connectivity index is 2.06. The van der Waals surface area contributed by atoms with Crippen LogP contribution in [0.2, 0.25) is 0 Å². The molecular formula is C13H13ClFIN2S. The molecule has 2 heterocycles. The van der Waals surface area contributed by atoms with E-state index in [2.05, 4.69) is 9.55 Å². The van der Waals surface area contributed by atoms with Crippen LogP contribution in [0.5, 0.6) is 0 Å². The fourth-order valence-corrected chi connectivity index (χ4v) is 4.38. The summed E-state index contributed by atoms with van der Waals surface area (Å²) in [6.07, 6.45) is 2.49. The van der Waals surface area contributed by atoms with E-state index in [1.807, 2.05) is 34.4 Å². The van der Waals surface area contributed by atoms with E-state index in [0.717, 1.165) is 23.4 Å². The van der Waals surface area contributed by atoms with Crippen LogP contribution >= 0.6 is 46.0 Å². The Morgan fingerprint density at radius 3 is 3.05 bits per heavy atom. The molecule has 1 unspecified atom stereocenters. The number of hydrogen-bond acceptors (Lipinski definition) is 2. The maximum absolute atomic E-state index is 13.8. The van der Waals surface area contributed by atoms with Gasteiger partial charge in [-0.1, -0.05) is 0 Å². The van der Waals surface area contributed by atoms with Crippen LogP contribution in [0.15, 0.2) is 12.1 Å². The van der Waals surface area contributed by atoms with E-state index in [1.54, 1.807) is 12.1 Å². The zero-order valence-electron chi connectivity index (χ0n) is 10.2. The van der Waals surface area contributed by atoms with Crippen molar-refractivity contribution in [1.29, 1.82) is 0 Å². The van der Waals surface area contributed by atoms with Crippen molar-refractivity contribution in [2.24, 2.45) is 0 Å². The number of nitrogens with zero attached hydrogens (tertiary/aromatic N) is 2. The van der Waals surface area contributed by atoms with Gasteiger partial charge in [-0.05, 0) is 47.3 Å². The molecule has 0 bridgehead atoms. The van der Waals surface area contributed by atoms with Crippen molar-refractivity contribution in [2.75, 3.05) is 5.75 Å². The summed E-state index contributed by atoms with van der Waals surface area (Å²) in [5.74, 6) is 2.24. The lowest BCUT2D eigenvalue weighted by Crippen LogP contribution is -2.12. The highest BCUT2D eigenvalue weighted by Crippen LogP contribution is 2.30. The van der Waals surface area contributed by atoms with Gasteiger partial charge in [0.15, 0.2) is 0 Å². The Kier molecular flexibility index (Phi) is 4.24. The molecule has 1 aromatic heterocycles. The number of hydrogen-bond donors (Lipinski definition) is 0. The summed E-state index contributed by atoms with van der Waals surface area (Å²) < 4.78 is 16.5. The number of halogens is 3. The fourth-order valence-electron chi connectivity index (χ4n) is 2.47. The molecule has 0 spiro atoms. The lowest BCUT2D eigenvalue weighted by atomic mass is 10.2. The maximum atomic E-state index is 13.8. The first-order valence-corrected chi connectivity index (χ1v) is 8.87. The van der Waals surface area contributed by atoms with Crippen LogP contribution < -0.4 is 0 Å². The first-order chi connectivity index (χ1) is 9.19. The summed E-state index contributed by atoms with van der Waals surface area (Å²) in [5.41, 5.74) is 1.70. The Bertz CT molecular complexity index is 610. The minimum atomic E-state index is -0.186. The third-order valence-electron chi connectivity index (χ3n) is 3.40. The summed E-state index contributed by atoms with van der Waals surface area (Å²) in [7, 11) is 0. The van der Waals surface area contributed by atoms with E-state index >= 15 is 0 Å². The lowest BCUT2D eigenvalue weighted by Gasteiger charge is -2.12. The van der Waals surface area contributed by atoms with Gasteiger partial charge in [0.25, 0.3) is 0 Å². The summed E-state index contributed by atoms with van der Waals surface area (Å²) in [4.78, 5) is 4.53. The normalized spacial score (nSPS) is 19.4. The molecule has 0 radical (unpaired) electrons. The van der Waals surface area contributed by atoms with E-state index in [-0.39, 0.29) is 5.82 Å². The number of thioether (sulfide) groups is 1. The second-order valence-corrected chi connectivity index (χ2v) is 7.50. The van der Waals surface area contributed by atoms with Gasteiger partial charge < -0.3 is 4.57 Å². The first-order valence-electron chi connectivity index (χ1n) is 6.21. The maximum Gasteiger partial charge on any atom is 0.138 e. The van der Waals surface area contributed by atoms with Gasteiger partial charge in [0.2, 0.25) is 0 Å². The minimum absolute atomic E-state index is 0.186. The van der Waals surface area contributed by atoms with Crippen LogP contribution in [0, 0.1) is 9.39 Å². The monoisotopic (exact) mass is 410 g/mol. The summed E-state index contributed by atoms with van der Waals surface area (Å²) in [5, 5.41) is 0.599. The number of rotatable bonds is 3. The predicted molar refractivity (Wildman–Crippen MR) is 87.4 cm³/mol. The molecule has 1 saturated heterocycles. The molecule has 19 heavy (non-hydrogen) atoms. The van der Waals surface area contributed by atoms with E-state index in [9.17, 15) is 4.39 Å². The highest BCUT2D eigenvalue weighted by Gasteiger charge is 2.20. The Morgan fingerprint density at radius 2 is 2.37 bits per heavy atom. The zero-order chi connectivity index (χ0) is 13.4. The highest BCUT2D eigenvalue weighted by molar-refractivity contribution is 14.1. The van der Waals surface area contributed by atoms with Gasteiger partial charge in [0.1, 0.15) is 11.6 Å². The van der Waals surface area contributed by atoms with Crippen molar-refractivity contribution < 1.29 is 4.39 Å². The van der Waals surface area contributed by atoms with Crippen molar-refractivity contribution >= 4 is 57.0 Å².